The molecule has 1 unspecified atom stereocenters. The number of hydrogen-bond donors (Lipinski definition) is 2. The SMILES string of the molecule is CSCC(C)NS(=O)(=O)c1ccc(CCO)s1. The number of aliphatic hydroxyl groups is 1. The molecule has 0 saturated heterocycles. The van der Waals surface area contributed by atoms with Crippen LogP contribution in [0.25, 0.3) is 0 Å². The second-order valence-electron chi connectivity index (χ2n) is 3.67. The fraction of sp³-hybridized carbons (Fsp3) is 0.600. The van der Waals surface area contributed by atoms with Crippen LogP contribution < -0.4 is 4.72 Å². The maximum atomic E-state index is 12.0. The number of nitrogens with one attached hydrogen (secondary N) is 1. The van der Waals surface area contributed by atoms with Crippen molar-refractivity contribution in [2.24, 2.45) is 0 Å². The second kappa shape index (κ2) is 6.75. The zero-order chi connectivity index (χ0) is 12.9. The number of hydrogen-bond acceptors (Lipinski definition) is 5. The Morgan fingerprint density at radius 3 is 2.82 bits per heavy atom. The van der Waals surface area contributed by atoms with Crippen LogP contribution >= 0.6 is 23.1 Å². The third-order valence-electron chi connectivity index (χ3n) is 2.03. The maximum Gasteiger partial charge on any atom is 0.250 e. The van der Waals surface area contributed by atoms with Gasteiger partial charge < -0.3 is 5.11 Å². The lowest BCUT2D eigenvalue weighted by molar-refractivity contribution is 0.300. The molecule has 0 saturated carbocycles. The van der Waals surface area contributed by atoms with E-state index in [-0.39, 0.29) is 12.6 Å². The van der Waals surface area contributed by atoms with Gasteiger partial charge in [0.1, 0.15) is 4.21 Å². The van der Waals surface area contributed by atoms with Crippen LogP contribution in [0.2, 0.25) is 0 Å². The molecule has 1 aromatic heterocycles. The fourth-order valence-corrected chi connectivity index (χ4v) is 4.65. The molecular weight excluding hydrogens is 278 g/mol. The Bertz CT molecular complexity index is 441. The summed E-state index contributed by atoms with van der Waals surface area (Å²) >= 11 is 2.81. The minimum absolute atomic E-state index is 0.0380. The number of thiophene rings is 1. The highest BCUT2D eigenvalue weighted by Gasteiger charge is 2.19. The van der Waals surface area contributed by atoms with Gasteiger partial charge in [0.05, 0.1) is 0 Å². The Hall–Kier alpha value is -0.0800. The van der Waals surface area contributed by atoms with Gasteiger partial charge in [0, 0.05) is 29.7 Å². The first-order valence-corrected chi connectivity index (χ1v) is 8.89. The lowest BCUT2D eigenvalue weighted by Crippen LogP contribution is -2.33. The number of rotatable bonds is 7. The van der Waals surface area contributed by atoms with Gasteiger partial charge in [0.15, 0.2) is 0 Å². The molecular formula is C10H17NO3S3. The van der Waals surface area contributed by atoms with E-state index in [2.05, 4.69) is 4.72 Å². The van der Waals surface area contributed by atoms with Crippen LogP contribution in [-0.4, -0.2) is 38.2 Å². The molecule has 0 aliphatic heterocycles. The average Bonchev–Trinajstić information content (AvgIpc) is 2.67. The topological polar surface area (TPSA) is 66.4 Å². The van der Waals surface area contributed by atoms with Crippen LogP contribution in [-0.2, 0) is 16.4 Å². The van der Waals surface area contributed by atoms with Crippen LogP contribution in [0.1, 0.15) is 11.8 Å². The van der Waals surface area contributed by atoms with Crippen molar-refractivity contribution in [2.75, 3.05) is 18.6 Å². The first kappa shape index (κ1) is 15.0. The van der Waals surface area contributed by atoms with Crippen LogP contribution in [0.5, 0.6) is 0 Å². The Morgan fingerprint density at radius 1 is 1.53 bits per heavy atom. The maximum absolute atomic E-state index is 12.0. The molecule has 7 heteroatoms. The molecule has 1 atom stereocenters. The second-order valence-corrected chi connectivity index (χ2v) is 7.69. The van der Waals surface area contributed by atoms with Crippen LogP contribution in [0.4, 0.5) is 0 Å². The monoisotopic (exact) mass is 295 g/mol. The highest BCUT2D eigenvalue weighted by atomic mass is 32.2. The third-order valence-corrected chi connectivity index (χ3v) is 6.09. The summed E-state index contributed by atoms with van der Waals surface area (Å²) in [4.78, 5) is 0.880. The van der Waals surface area contributed by atoms with E-state index in [9.17, 15) is 8.42 Å². The Kier molecular flexibility index (Phi) is 5.94. The average molecular weight is 295 g/mol. The summed E-state index contributed by atoms with van der Waals surface area (Å²) in [6.45, 7) is 1.88. The standard InChI is InChI=1S/C10H17NO3S3/c1-8(7-15-2)11-17(13,14)10-4-3-9(16-10)5-6-12/h3-4,8,11-12H,5-7H2,1-2H3. The van der Waals surface area contributed by atoms with E-state index in [1.807, 2.05) is 13.2 Å². The van der Waals surface area contributed by atoms with Crippen molar-refractivity contribution in [3.63, 3.8) is 0 Å². The molecule has 0 aromatic carbocycles. The van der Waals surface area contributed by atoms with Crippen molar-refractivity contribution in [3.05, 3.63) is 17.0 Å². The molecule has 1 aromatic rings. The van der Waals surface area contributed by atoms with Crippen molar-refractivity contribution < 1.29 is 13.5 Å². The lowest BCUT2D eigenvalue weighted by atomic mass is 10.4. The molecule has 98 valence electrons. The van der Waals surface area contributed by atoms with E-state index in [1.54, 1.807) is 23.9 Å². The highest BCUT2D eigenvalue weighted by Crippen LogP contribution is 2.22. The van der Waals surface area contributed by atoms with Gasteiger partial charge >= 0.3 is 0 Å². The van der Waals surface area contributed by atoms with Crippen molar-refractivity contribution in [1.29, 1.82) is 0 Å². The summed E-state index contributed by atoms with van der Waals surface area (Å²) in [6, 6.07) is 3.25. The Labute approximate surface area is 110 Å². The minimum atomic E-state index is -3.41. The van der Waals surface area contributed by atoms with E-state index >= 15 is 0 Å². The quantitative estimate of drug-likeness (QED) is 0.796. The van der Waals surface area contributed by atoms with Gasteiger partial charge in [-0.15, -0.1) is 11.3 Å². The van der Waals surface area contributed by atoms with Gasteiger partial charge in [-0.3, -0.25) is 0 Å². The zero-order valence-electron chi connectivity index (χ0n) is 9.84. The highest BCUT2D eigenvalue weighted by molar-refractivity contribution is 7.98. The van der Waals surface area contributed by atoms with Crippen LogP contribution in [0.3, 0.4) is 0 Å². The number of aliphatic hydroxyl groups excluding tert-OH is 1. The lowest BCUT2D eigenvalue weighted by Gasteiger charge is -2.11. The van der Waals surface area contributed by atoms with Gasteiger partial charge in [0.25, 0.3) is 0 Å². The molecule has 0 fully saturated rings. The van der Waals surface area contributed by atoms with Gasteiger partial charge in [-0.2, -0.15) is 11.8 Å². The van der Waals surface area contributed by atoms with E-state index in [4.69, 9.17) is 5.11 Å². The van der Waals surface area contributed by atoms with Crippen LogP contribution in [0, 0.1) is 0 Å². The summed E-state index contributed by atoms with van der Waals surface area (Å²) in [5, 5.41) is 8.79. The summed E-state index contributed by atoms with van der Waals surface area (Å²) in [5.41, 5.74) is 0. The molecule has 0 aliphatic rings. The van der Waals surface area contributed by atoms with Gasteiger partial charge in [-0.1, -0.05) is 0 Å². The predicted octanol–water partition coefficient (Wildman–Crippen LogP) is 1.31. The first-order chi connectivity index (χ1) is 7.99. The molecule has 0 spiro atoms. The molecule has 0 aliphatic carbocycles. The van der Waals surface area contributed by atoms with E-state index < -0.39 is 10.0 Å². The van der Waals surface area contributed by atoms with E-state index in [0.29, 0.717) is 10.6 Å². The van der Waals surface area contributed by atoms with Gasteiger partial charge in [-0.25, -0.2) is 13.1 Å². The summed E-state index contributed by atoms with van der Waals surface area (Å²) in [5.74, 6) is 0.744. The fourth-order valence-electron chi connectivity index (χ4n) is 1.35. The first-order valence-electron chi connectivity index (χ1n) is 5.20. The van der Waals surface area contributed by atoms with Crippen molar-refractivity contribution in [3.8, 4) is 0 Å². The molecule has 4 nitrogen and oxygen atoms in total. The summed E-state index contributed by atoms with van der Waals surface area (Å²) < 4.78 is 26.9. The molecule has 0 amide bonds. The van der Waals surface area contributed by atoms with Crippen LogP contribution in [0.15, 0.2) is 16.3 Å². The van der Waals surface area contributed by atoms with E-state index in [0.717, 1.165) is 10.6 Å². The number of sulfonamides is 1. The zero-order valence-corrected chi connectivity index (χ0v) is 12.3. The van der Waals surface area contributed by atoms with Crippen molar-refractivity contribution in [1.82, 2.24) is 4.72 Å². The molecule has 0 bridgehead atoms. The van der Waals surface area contributed by atoms with Gasteiger partial charge in [0.2, 0.25) is 10.0 Å². The Balaban J connectivity index is 2.75. The van der Waals surface area contributed by atoms with Gasteiger partial charge in [-0.05, 0) is 25.3 Å². The molecule has 1 heterocycles. The van der Waals surface area contributed by atoms with E-state index in [1.165, 1.54) is 11.3 Å². The Morgan fingerprint density at radius 2 is 2.24 bits per heavy atom. The predicted molar refractivity (Wildman–Crippen MR) is 73.3 cm³/mol. The molecule has 0 radical (unpaired) electrons. The van der Waals surface area contributed by atoms with Crippen molar-refractivity contribution in [2.45, 2.75) is 23.6 Å². The number of thioether (sulfide) groups is 1. The smallest absolute Gasteiger partial charge is 0.250 e. The molecule has 17 heavy (non-hydrogen) atoms. The molecule has 2 N–H and O–H groups in total. The summed E-state index contributed by atoms with van der Waals surface area (Å²) in [6.07, 6.45) is 2.44. The normalized spacial score (nSPS) is 13.8. The molecule has 1 rings (SSSR count). The largest absolute Gasteiger partial charge is 0.396 e. The third kappa shape index (κ3) is 4.59. The van der Waals surface area contributed by atoms with Crippen molar-refractivity contribution >= 4 is 33.1 Å². The minimum Gasteiger partial charge on any atom is -0.396 e. The summed E-state index contributed by atoms with van der Waals surface area (Å²) in [7, 11) is -3.41.